The molecule has 1 aromatic carbocycles. The summed E-state index contributed by atoms with van der Waals surface area (Å²) in [5, 5.41) is 23.4. The van der Waals surface area contributed by atoms with E-state index in [9.17, 15) is 14.0 Å². The highest BCUT2D eigenvalue weighted by Crippen LogP contribution is 2.21. The van der Waals surface area contributed by atoms with Gasteiger partial charge in [-0.05, 0) is 31.2 Å². The Morgan fingerprint density at radius 2 is 1.96 bits per heavy atom. The molecule has 2 rings (SSSR count). The lowest BCUT2D eigenvalue weighted by atomic mass is 10.1. The first-order chi connectivity index (χ1) is 10.9. The van der Waals surface area contributed by atoms with Crippen molar-refractivity contribution >= 4 is 17.6 Å². The van der Waals surface area contributed by atoms with Crippen LogP contribution in [0.5, 0.6) is 0 Å². The molecule has 4 N–H and O–H groups in total. The predicted molar refractivity (Wildman–Crippen MR) is 81.4 cm³/mol. The molecule has 8 heteroatoms. The van der Waals surface area contributed by atoms with E-state index in [4.69, 9.17) is 10.2 Å². The van der Waals surface area contributed by atoms with E-state index >= 15 is 0 Å². The zero-order valence-corrected chi connectivity index (χ0v) is 12.8. The summed E-state index contributed by atoms with van der Waals surface area (Å²) < 4.78 is 12.9. The normalized spacial score (nSPS) is 18.2. The molecule has 3 amide bonds. The SMILES string of the molecule is CC(CO)(CO)NC(=O)N[C@H]1CC(=O)N(c2ccc(F)cc2)C1. The van der Waals surface area contributed by atoms with Crippen molar-refractivity contribution in [1.29, 1.82) is 0 Å². The summed E-state index contributed by atoms with van der Waals surface area (Å²) in [7, 11) is 0. The highest BCUT2D eigenvalue weighted by Gasteiger charge is 2.33. The van der Waals surface area contributed by atoms with Gasteiger partial charge in [0.15, 0.2) is 0 Å². The van der Waals surface area contributed by atoms with E-state index in [0.29, 0.717) is 5.69 Å². The van der Waals surface area contributed by atoms with Gasteiger partial charge in [-0.1, -0.05) is 0 Å². The quantitative estimate of drug-likeness (QED) is 0.611. The lowest BCUT2D eigenvalue weighted by molar-refractivity contribution is -0.117. The van der Waals surface area contributed by atoms with E-state index in [-0.39, 0.29) is 24.7 Å². The zero-order chi connectivity index (χ0) is 17.0. The van der Waals surface area contributed by atoms with Crippen LogP contribution in [0.1, 0.15) is 13.3 Å². The van der Waals surface area contributed by atoms with E-state index in [0.717, 1.165) is 0 Å². The first kappa shape index (κ1) is 17.2. The second-order valence-electron chi connectivity index (χ2n) is 5.86. The monoisotopic (exact) mass is 325 g/mol. The highest BCUT2D eigenvalue weighted by atomic mass is 19.1. The summed E-state index contributed by atoms with van der Waals surface area (Å²) in [4.78, 5) is 25.4. The Bertz CT molecular complexity index is 575. The minimum absolute atomic E-state index is 0.125. The number of aliphatic hydroxyl groups excluding tert-OH is 2. The molecule has 126 valence electrons. The fourth-order valence-corrected chi connectivity index (χ4v) is 2.30. The third kappa shape index (κ3) is 4.17. The smallest absolute Gasteiger partial charge is 0.315 e. The number of nitrogens with zero attached hydrogens (tertiary/aromatic N) is 1. The third-order valence-electron chi connectivity index (χ3n) is 3.71. The van der Waals surface area contributed by atoms with Crippen LogP contribution in [-0.2, 0) is 4.79 Å². The Morgan fingerprint density at radius 3 is 2.52 bits per heavy atom. The maximum atomic E-state index is 12.9. The van der Waals surface area contributed by atoms with Gasteiger partial charge in [-0.25, -0.2) is 9.18 Å². The molecular weight excluding hydrogens is 305 g/mol. The number of hydrogen-bond acceptors (Lipinski definition) is 4. The van der Waals surface area contributed by atoms with Gasteiger partial charge in [0.1, 0.15) is 5.82 Å². The first-order valence-corrected chi connectivity index (χ1v) is 7.23. The summed E-state index contributed by atoms with van der Waals surface area (Å²) in [5.74, 6) is -0.560. The van der Waals surface area contributed by atoms with E-state index < -0.39 is 30.8 Å². The largest absolute Gasteiger partial charge is 0.394 e. The van der Waals surface area contributed by atoms with Crippen LogP contribution in [0.2, 0.25) is 0 Å². The molecule has 0 aliphatic carbocycles. The molecule has 0 unspecified atom stereocenters. The molecule has 1 saturated heterocycles. The molecule has 0 radical (unpaired) electrons. The Labute approximate surface area is 133 Å². The highest BCUT2D eigenvalue weighted by molar-refractivity contribution is 5.96. The van der Waals surface area contributed by atoms with Gasteiger partial charge in [0.2, 0.25) is 5.91 Å². The number of anilines is 1. The molecule has 0 bridgehead atoms. The van der Waals surface area contributed by atoms with Crippen LogP contribution in [0.4, 0.5) is 14.9 Å². The van der Waals surface area contributed by atoms with E-state index in [1.165, 1.54) is 36.1 Å². The summed E-state index contributed by atoms with van der Waals surface area (Å²) >= 11 is 0. The van der Waals surface area contributed by atoms with Crippen molar-refractivity contribution in [3.8, 4) is 0 Å². The van der Waals surface area contributed by atoms with Gasteiger partial charge in [0, 0.05) is 18.7 Å². The van der Waals surface area contributed by atoms with Crippen LogP contribution in [0.3, 0.4) is 0 Å². The lowest BCUT2D eigenvalue weighted by Gasteiger charge is -2.27. The number of benzene rings is 1. The maximum absolute atomic E-state index is 12.9. The number of rotatable bonds is 5. The molecule has 1 aliphatic rings. The number of hydrogen-bond donors (Lipinski definition) is 4. The molecule has 1 aromatic rings. The number of urea groups is 1. The first-order valence-electron chi connectivity index (χ1n) is 7.23. The number of aliphatic hydroxyl groups is 2. The summed E-state index contributed by atoms with van der Waals surface area (Å²) in [6.07, 6.45) is 0.125. The van der Waals surface area contributed by atoms with Gasteiger partial charge >= 0.3 is 6.03 Å². The number of nitrogens with one attached hydrogen (secondary N) is 2. The van der Waals surface area contributed by atoms with Crippen molar-refractivity contribution in [2.45, 2.75) is 24.9 Å². The van der Waals surface area contributed by atoms with Crippen LogP contribution in [-0.4, -0.2) is 53.5 Å². The van der Waals surface area contributed by atoms with Gasteiger partial charge in [0.25, 0.3) is 0 Å². The van der Waals surface area contributed by atoms with Crippen molar-refractivity contribution in [3.63, 3.8) is 0 Å². The molecule has 0 saturated carbocycles. The lowest BCUT2D eigenvalue weighted by Crippen LogP contribution is -2.56. The summed E-state index contributed by atoms with van der Waals surface area (Å²) in [5.41, 5.74) is -0.569. The molecule has 1 heterocycles. The van der Waals surface area contributed by atoms with Gasteiger partial charge in [-0.2, -0.15) is 0 Å². The Balaban J connectivity index is 1.95. The van der Waals surface area contributed by atoms with Crippen molar-refractivity contribution in [3.05, 3.63) is 30.1 Å². The average molecular weight is 325 g/mol. The van der Waals surface area contributed by atoms with Gasteiger partial charge in [-0.15, -0.1) is 0 Å². The third-order valence-corrected chi connectivity index (χ3v) is 3.71. The molecular formula is C15H20FN3O4. The Kier molecular flexibility index (Phi) is 5.17. The van der Waals surface area contributed by atoms with Crippen molar-refractivity contribution in [1.82, 2.24) is 10.6 Å². The van der Waals surface area contributed by atoms with Crippen molar-refractivity contribution in [2.75, 3.05) is 24.7 Å². The molecule has 23 heavy (non-hydrogen) atoms. The number of amides is 3. The van der Waals surface area contributed by atoms with Gasteiger partial charge < -0.3 is 25.7 Å². The summed E-state index contributed by atoms with van der Waals surface area (Å²) in [6, 6.07) is 4.56. The molecule has 1 atom stereocenters. The zero-order valence-electron chi connectivity index (χ0n) is 12.8. The topological polar surface area (TPSA) is 102 Å². The predicted octanol–water partition coefficient (Wildman–Crippen LogP) is -0.0265. The van der Waals surface area contributed by atoms with Crippen molar-refractivity contribution < 1.29 is 24.2 Å². The van der Waals surface area contributed by atoms with Crippen LogP contribution >= 0.6 is 0 Å². The minimum Gasteiger partial charge on any atom is -0.394 e. The average Bonchev–Trinajstić information content (AvgIpc) is 2.88. The number of carbonyl (C=O) groups excluding carboxylic acids is 2. The fraction of sp³-hybridized carbons (Fsp3) is 0.467. The standard InChI is InChI=1S/C15H20FN3O4/c1-15(8-20,9-21)18-14(23)17-11-6-13(22)19(7-11)12-4-2-10(16)3-5-12/h2-5,11,20-21H,6-9H2,1H3,(H2,17,18,23)/t11-/m0/s1. The number of halogens is 1. The van der Waals surface area contributed by atoms with Gasteiger partial charge in [0.05, 0.1) is 24.8 Å². The Hall–Kier alpha value is -2.19. The summed E-state index contributed by atoms with van der Waals surface area (Å²) in [6.45, 7) is 0.939. The molecule has 7 nitrogen and oxygen atoms in total. The second kappa shape index (κ2) is 6.93. The molecule has 0 aromatic heterocycles. The van der Waals surface area contributed by atoms with E-state index in [2.05, 4.69) is 10.6 Å². The van der Waals surface area contributed by atoms with Crippen LogP contribution < -0.4 is 15.5 Å². The van der Waals surface area contributed by atoms with E-state index in [1.54, 1.807) is 0 Å². The molecule has 1 fully saturated rings. The van der Waals surface area contributed by atoms with Crippen LogP contribution in [0, 0.1) is 5.82 Å². The van der Waals surface area contributed by atoms with Crippen molar-refractivity contribution in [2.24, 2.45) is 0 Å². The Morgan fingerprint density at radius 1 is 1.35 bits per heavy atom. The maximum Gasteiger partial charge on any atom is 0.315 e. The van der Waals surface area contributed by atoms with Crippen LogP contribution in [0.25, 0.3) is 0 Å². The minimum atomic E-state index is -1.14. The molecule has 0 spiro atoms. The number of carbonyl (C=O) groups is 2. The molecule has 1 aliphatic heterocycles. The van der Waals surface area contributed by atoms with E-state index in [1.807, 2.05) is 0 Å². The second-order valence-corrected chi connectivity index (χ2v) is 5.86. The van der Waals surface area contributed by atoms with Gasteiger partial charge in [-0.3, -0.25) is 4.79 Å². The fourth-order valence-electron chi connectivity index (χ4n) is 2.30. The van der Waals surface area contributed by atoms with Crippen LogP contribution in [0.15, 0.2) is 24.3 Å².